The van der Waals surface area contributed by atoms with Crippen LogP contribution in [-0.2, 0) is 14.3 Å². The summed E-state index contributed by atoms with van der Waals surface area (Å²) in [6.07, 6.45) is 7.88. The maximum absolute atomic E-state index is 11.6. The first-order valence-corrected chi connectivity index (χ1v) is 6.31. The topological polar surface area (TPSA) is 43.4 Å². The summed E-state index contributed by atoms with van der Waals surface area (Å²) in [6.45, 7) is 5.85. The zero-order valence-electron chi connectivity index (χ0n) is 10.6. The minimum atomic E-state index is -0.293. The number of carbonyl (C=O) groups excluding carboxylic acids is 2. The first kappa shape index (κ1) is 12.8. The highest BCUT2D eigenvalue weighted by atomic mass is 16.6. The maximum atomic E-state index is 11.6. The van der Waals surface area contributed by atoms with Gasteiger partial charge in [0.2, 0.25) is 0 Å². The molecule has 96 valence electrons. The van der Waals surface area contributed by atoms with Crippen LogP contribution in [0, 0.1) is 5.92 Å². The Balaban J connectivity index is 2.26. The number of allylic oxidation sites excluding steroid dienone is 3. The molecule has 0 spiro atoms. The number of rotatable bonds is 1. The molecule has 0 aromatic carbocycles. The molecule has 0 unspecified atom stereocenters. The largest absolute Gasteiger partial charge is 0.458 e. The highest BCUT2D eigenvalue weighted by Gasteiger charge is 2.37. The second kappa shape index (κ2) is 5.34. The molecule has 2 atom stereocenters. The molecule has 0 saturated carbocycles. The van der Waals surface area contributed by atoms with E-state index < -0.39 is 0 Å². The lowest BCUT2D eigenvalue weighted by molar-refractivity contribution is -0.139. The van der Waals surface area contributed by atoms with Crippen molar-refractivity contribution in [2.24, 2.45) is 5.92 Å². The van der Waals surface area contributed by atoms with Gasteiger partial charge in [0.05, 0.1) is 0 Å². The summed E-state index contributed by atoms with van der Waals surface area (Å²) < 4.78 is 5.35. The molecular formula is C15H18O3. The van der Waals surface area contributed by atoms with Crippen LogP contribution in [0.3, 0.4) is 0 Å². The molecular weight excluding hydrogens is 228 g/mol. The summed E-state index contributed by atoms with van der Waals surface area (Å²) in [4.78, 5) is 22.5. The van der Waals surface area contributed by atoms with E-state index in [9.17, 15) is 9.59 Å². The van der Waals surface area contributed by atoms with Crippen molar-refractivity contribution in [3.05, 3.63) is 35.5 Å². The number of hydrogen-bond donors (Lipinski definition) is 0. The van der Waals surface area contributed by atoms with Crippen molar-refractivity contribution >= 4 is 12.3 Å². The molecule has 1 aliphatic heterocycles. The van der Waals surface area contributed by atoms with Gasteiger partial charge in [-0.25, -0.2) is 4.79 Å². The summed E-state index contributed by atoms with van der Waals surface area (Å²) in [5, 5.41) is 0. The van der Waals surface area contributed by atoms with Gasteiger partial charge in [-0.05, 0) is 31.8 Å². The number of carbonyl (C=O) groups is 2. The van der Waals surface area contributed by atoms with Gasteiger partial charge in [-0.1, -0.05) is 24.3 Å². The third-order valence-corrected chi connectivity index (χ3v) is 3.65. The molecule has 1 saturated heterocycles. The summed E-state index contributed by atoms with van der Waals surface area (Å²) in [7, 11) is 0. The van der Waals surface area contributed by atoms with Crippen LogP contribution in [0.4, 0.5) is 0 Å². The van der Waals surface area contributed by atoms with Crippen LogP contribution in [0.15, 0.2) is 35.5 Å². The minimum absolute atomic E-state index is 0.00824. The fraction of sp³-hybridized carbons (Fsp3) is 0.467. The molecule has 0 bridgehead atoms. The van der Waals surface area contributed by atoms with Crippen LogP contribution in [-0.4, -0.2) is 18.4 Å². The highest BCUT2D eigenvalue weighted by Crippen LogP contribution is 2.34. The Morgan fingerprint density at radius 1 is 1.44 bits per heavy atom. The second-order valence-corrected chi connectivity index (χ2v) is 5.00. The molecule has 1 aliphatic carbocycles. The number of ether oxygens (including phenoxy) is 1. The predicted octanol–water partition coefficient (Wildman–Crippen LogP) is 2.73. The van der Waals surface area contributed by atoms with Crippen molar-refractivity contribution in [2.45, 2.75) is 38.7 Å². The van der Waals surface area contributed by atoms with Crippen molar-refractivity contribution in [1.82, 2.24) is 0 Å². The summed E-state index contributed by atoms with van der Waals surface area (Å²) in [5.74, 6) is -0.285. The summed E-state index contributed by atoms with van der Waals surface area (Å²) >= 11 is 0. The average Bonchev–Trinajstić information content (AvgIpc) is 2.60. The molecule has 1 fully saturated rings. The maximum Gasteiger partial charge on any atom is 0.334 e. The van der Waals surface area contributed by atoms with Crippen molar-refractivity contribution < 1.29 is 14.3 Å². The van der Waals surface area contributed by atoms with Crippen LogP contribution >= 0.6 is 0 Å². The Hall–Kier alpha value is -1.64. The van der Waals surface area contributed by atoms with Gasteiger partial charge in [-0.3, -0.25) is 4.79 Å². The zero-order valence-corrected chi connectivity index (χ0v) is 10.6. The molecule has 1 heterocycles. The van der Waals surface area contributed by atoms with Gasteiger partial charge in [-0.2, -0.15) is 0 Å². The fourth-order valence-corrected chi connectivity index (χ4v) is 2.52. The standard InChI is InChI=1S/C15H18O3/c1-10-4-3-5-12(9-16)6-7-13-11(2)15(17)18-14(13)8-10/h4,6,9,13-14H,2-3,5,7-8H2,1H3/b10-4+,12-6-/t13-,14+/m1/s1. The van der Waals surface area contributed by atoms with Crippen molar-refractivity contribution in [2.75, 3.05) is 0 Å². The Morgan fingerprint density at radius 3 is 2.94 bits per heavy atom. The van der Waals surface area contributed by atoms with Gasteiger partial charge in [0.15, 0.2) is 0 Å². The third-order valence-electron chi connectivity index (χ3n) is 3.65. The minimum Gasteiger partial charge on any atom is -0.458 e. The van der Waals surface area contributed by atoms with Gasteiger partial charge in [0.25, 0.3) is 0 Å². The number of fused-ring (bicyclic) bond motifs is 1. The molecule has 0 radical (unpaired) electrons. The van der Waals surface area contributed by atoms with E-state index in [0.29, 0.717) is 12.0 Å². The van der Waals surface area contributed by atoms with E-state index in [1.807, 2.05) is 13.0 Å². The second-order valence-electron chi connectivity index (χ2n) is 5.00. The first-order valence-electron chi connectivity index (χ1n) is 6.31. The van der Waals surface area contributed by atoms with E-state index in [1.54, 1.807) is 0 Å². The van der Waals surface area contributed by atoms with Gasteiger partial charge in [0, 0.05) is 17.9 Å². The molecule has 0 N–H and O–H groups in total. The fourth-order valence-electron chi connectivity index (χ4n) is 2.52. The Morgan fingerprint density at radius 2 is 2.22 bits per heavy atom. The summed E-state index contributed by atoms with van der Waals surface area (Å²) in [5.41, 5.74) is 2.54. The quantitative estimate of drug-likeness (QED) is 0.309. The van der Waals surface area contributed by atoms with E-state index in [2.05, 4.69) is 12.7 Å². The molecule has 3 nitrogen and oxygen atoms in total. The monoisotopic (exact) mass is 246 g/mol. The Bertz CT molecular complexity index is 443. The number of esters is 1. The highest BCUT2D eigenvalue weighted by molar-refractivity contribution is 5.90. The molecule has 18 heavy (non-hydrogen) atoms. The number of hydrogen-bond acceptors (Lipinski definition) is 3. The average molecular weight is 246 g/mol. The molecule has 0 amide bonds. The van der Waals surface area contributed by atoms with Gasteiger partial charge in [-0.15, -0.1) is 0 Å². The van der Waals surface area contributed by atoms with Crippen molar-refractivity contribution in [3.8, 4) is 0 Å². The van der Waals surface area contributed by atoms with E-state index in [1.165, 1.54) is 5.57 Å². The van der Waals surface area contributed by atoms with Crippen LogP contribution in [0.1, 0.15) is 32.6 Å². The van der Waals surface area contributed by atoms with Gasteiger partial charge >= 0.3 is 5.97 Å². The predicted molar refractivity (Wildman–Crippen MR) is 68.9 cm³/mol. The molecule has 2 rings (SSSR count). The lowest BCUT2D eigenvalue weighted by Gasteiger charge is -2.18. The van der Waals surface area contributed by atoms with Crippen molar-refractivity contribution in [1.29, 1.82) is 0 Å². The van der Waals surface area contributed by atoms with Crippen LogP contribution in [0.2, 0.25) is 0 Å². The van der Waals surface area contributed by atoms with E-state index in [0.717, 1.165) is 31.1 Å². The zero-order chi connectivity index (χ0) is 13.1. The Kier molecular flexibility index (Phi) is 3.80. The molecule has 0 aromatic heterocycles. The van der Waals surface area contributed by atoms with Gasteiger partial charge < -0.3 is 4.74 Å². The Labute approximate surface area is 107 Å². The molecule has 3 heteroatoms. The van der Waals surface area contributed by atoms with E-state index >= 15 is 0 Å². The first-order chi connectivity index (χ1) is 8.61. The van der Waals surface area contributed by atoms with Crippen LogP contribution in [0.25, 0.3) is 0 Å². The third kappa shape index (κ3) is 2.61. The van der Waals surface area contributed by atoms with Gasteiger partial charge in [0.1, 0.15) is 12.4 Å². The van der Waals surface area contributed by atoms with Crippen LogP contribution < -0.4 is 0 Å². The van der Waals surface area contributed by atoms with Crippen LogP contribution in [0.5, 0.6) is 0 Å². The SMILES string of the molecule is C=C1C(=O)O[C@H]2C/C(C)=C/CC/C(C=O)=C/C[C@H]12. The smallest absolute Gasteiger partial charge is 0.334 e. The lowest BCUT2D eigenvalue weighted by atomic mass is 9.88. The summed E-state index contributed by atoms with van der Waals surface area (Å²) in [6, 6.07) is 0. The molecule has 2 aliphatic rings. The molecule has 0 aromatic rings. The lowest BCUT2D eigenvalue weighted by Crippen LogP contribution is -2.17. The number of aldehydes is 1. The van der Waals surface area contributed by atoms with E-state index in [-0.39, 0.29) is 18.0 Å². The normalized spacial score (nSPS) is 34.7. The van der Waals surface area contributed by atoms with E-state index in [4.69, 9.17) is 4.74 Å². The van der Waals surface area contributed by atoms with Crippen molar-refractivity contribution in [3.63, 3.8) is 0 Å².